The van der Waals surface area contributed by atoms with Gasteiger partial charge in [0.15, 0.2) is 6.67 Å². The van der Waals surface area contributed by atoms with Crippen molar-refractivity contribution in [2.24, 2.45) is 5.92 Å². The largest absolute Gasteiger partial charge is 0.316 e. The third-order valence-electron chi connectivity index (χ3n) is 4.35. The van der Waals surface area contributed by atoms with Crippen molar-refractivity contribution >= 4 is 38.7 Å². The first kappa shape index (κ1) is 13.4. The number of benzene rings is 1. The van der Waals surface area contributed by atoms with Crippen LogP contribution in [-0.4, -0.2) is 27.3 Å². The molecule has 1 saturated heterocycles. The number of nitrogens with one attached hydrogen (secondary N) is 1. The number of thiazole rings is 1. The Balaban J connectivity index is 1.73. The molecule has 110 valence electrons. The van der Waals surface area contributed by atoms with E-state index in [2.05, 4.69) is 35.6 Å². The lowest BCUT2D eigenvalue weighted by Gasteiger charge is -2.27. The van der Waals surface area contributed by atoms with Crippen molar-refractivity contribution in [1.82, 2.24) is 14.2 Å². The fourth-order valence-corrected chi connectivity index (χ4v) is 4.71. The van der Waals surface area contributed by atoms with Gasteiger partial charge in [0.1, 0.15) is 0 Å². The molecule has 4 nitrogen and oxygen atoms in total. The lowest BCUT2D eigenvalue weighted by Crippen LogP contribution is -3.12. The minimum absolute atomic E-state index is 0.812. The van der Waals surface area contributed by atoms with Crippen molar-refractivity contribution in [2.45, 2.75) is 26.4 Å². The van der Waals surface area contributed by atoms with Gasteiger partial charge < -0.3 is 4.90 Å². The second kappa shape index (κ2) is 5.19. The van der Waals surface area contributed by atoms with E-state index in [0.29, 0.717) is 0 Å². The summed E-state index contributed by atoms with van der Waals surface area (Å²) in [6.45, 7) is 5.70. The Labute approximate surface area is 132 Å². The third kappa shape index (κ3) is 2.31. The zero-order chi connectivity index (χ0) is 14.4. The van der Waals surface area contributed by atoms with Crippen molar-refractivity contribution in [3.05, 3.63) is 29.0 Å². The topological polar surface area (TPSA) is 26.7 Å². The van der Waals surface area contributed by atoms with Gasteiger partial charge in [0.2, 0.25) is 9.73 Å². The second-order valence-corrected chi connectivity index (χ2v) is 7.45. The summed E-state index contributed by atoms with van der Waals surface area (Å²) >= 11 is 7.38. The zero-order valence-corrected chi connectivity index (χ0v) is 13.7. The molecule has 0 aliphatic carbocycles. The number of hydrogen-bond acceptors (Lipinski definition) is 3. The van der Waals surface area contributed by atoms with Gasteiger partial charge in [-0.2, -0.15) is 4.68 Å². The Kier molecular flexibility index (Phi) is 3.32. The smallest absolute Gasteiger partial charge is 0.216 e. The molecule has 1 aliphatic rings. The van der Waals surface area contributed by atoms with Gasteiger partial charge in [0.25, 0.3) is 0 Å². The number of hydrogen-bond donors (Lipinski definition) is 1. The van der Waals surface area contributed by atoms with Crippen LogP contribution in [0.25, 0.3) is 15.2 Å². The molecule has 0 radical (unpaired) electrons. The number of para-hydroxylation sites is 1. The van der Waals surface area contributed by atoms with E-state index < -0.39 is 0 Å². The van der Waals surface area contributed by atoms with Crippen molar-refractivity contribution < 1.29 is 4.90 Å². The molecule has 21 heavy (non-hydrogen) atoms. The predicted octanol–water partition coefficient (Wildman–Crippen LogP) is 2.35. The van der Waals surface area contributed by atoms with Crippen LogP contribution in [0.15, 0.2) is 24.3 Å². The number of aromatic nitrogens is 3. The molecule has 0 spiro atoms. The van der Waals surface area contributed by atoms with Crippen molar-refractivity contribution in [3.63, 3.8) is 0 Å². The SMILES string of the molecule is C[C@H]1CCC[NH+](Cn2nc3sc4ccccc4n3c2=S)C1. The fraction of sp³-hybridized carbons (Fsp3) is 0.467. The van der Waals surface area contributed by atoms with Crippen LogP contribution in [0, 0.1) is 10.7 Å². The number of quaternary nitrogens is 1. The molecule has 0 amide bonds. The molecular weight excluding hydrogens is 300 g/mol. The molecule has 3 aromatic rings. The van der Waals surface area contributed by atoms with Gasteiger partial charge in [-0.05, 0) is 37.2 Å². The predicted molar refractivity (Wildman–Crippen MR) is 88.5 cm³/mol. The maximum absolute atomic E-state index is 5.66. The van der Waals surface area contributed by atoms with Gasteiger partial charge in [-0.15, -0.1) is 5.10 Å². The molecular formula is C15H19N4S2+. The van der Waals surface area contributed by atoms with Crippen molar-refractivity contribution in [1.29, 1.82) is 0 Å². The Hall–Kier alpha value is -1.24. The molecule has 4 rings (SSSR count). The average molecular weight is 319 g/mol. The van der Waals surface area contributed by atoms with Crippen LogP contribution in [0.3, 0.4) is 0 Å². The van der Waals surface area contributed by atoms with Crippen LogP contribution < -0.4 is 4.90 Å². The Morgan fingerprint density at radius 2 is 2.29 bits per heavy atom. The number of piperidine rings is 1. The number of likely N-dealkylation sites (tertiary alicyclic amines) is 1. The molecule has 0 saturated carbocycles. The summed E-state index contributed by atoms with van der Waals surface area (Å²) < 4.78 is 6.20. The number of nitrogens with zero attached hydrogens (tertiary/aromatic N) is 3. The van der Waals surface area contributed by atoms with Gasteiger partial charge in [-0.3, -0.25) is 4.40 Å². The highest BCUT2D eigenvalue weighted by Crippen LogP contribution is 2.25. The highest BCUT2D eigenvalue weighted by molar-refractivity contribution is 7.71. The van der Waals surface area contributed by atoms with Gasteiger partial charge in [0.05, 0.1) is 23.3 Å². The average Bonchev–Trinajstić information content (AvgIpc) is 2.97. The number of fused-ring (bicyclic) bond motifs is 3. The first-order valence-electron chi connectivity index (χ1n) is 7.53. The first-order chi connectivity index (χ1) is 10.2. The van der Waals surface area contributed by atoms with E-state index in [4.69, 9.17) is 17.3 Å². The zero-order valence-electron chi connectivity index (χ0n) is 12.1. The lowest BCUT2D eigenvalue weighted by atomic mass is 10.0. The monoisotopic (exact) mass is 319 g/mol. The molecule has 1 N–H and O–H groups in total. The van der Waals surface area contributed by atoms with E-state index in [-0.39, 0.29) is 0 Å². The van der Waals surface area contributed by atoms with Gasteiger partial charge in [0, 0.05) is 5.92 Å². The van der Waals surface area contributed by atoms with E-state index in [1.54, 1.807) is 16.2 Å². The first-order valence-corrected chi connectivity index (χ1v) is 8.75. The molecule has 2 atom stereocenters. The van der Waals surface area contributed by atoms with E-state index in [1.165, 1.54) is 36.1 Å². The summed E-state index contributed by atoms with van der Waals surface area (Å²) in [6.07, 6.45) is 2.67. The lowest BCUT2D eigenvalue weighted by molar-refractivity contribution is -0.931. The standard InChI is InChI=1S/C15H18N4S2/c1-11-5-4-8-17(9-11)10-18-15(20)19-12-6-2-3-7-13(12)21-14(19)16-18/h2-3,6-7,11H,4-5,8-10H2,1H3/p+1/t11-/m0/s1. The van der Waals surface area contributed by atoms with Crippen LogP contribution in [0.2, 0.25) is 0 Å². The summed E-state index contributed by atoms with van der Waals surface area (Å²) in [4.78, 5) is 2.60. The summed E-state index contributed by atoms with van der Waals surface area (Å²) in [5.74, 6) is 0.812. The minimum Gasteiger partial charge on any atom is -0.316 e. The highest BCUT2D eigenvalue weighted by atomic mass is 32.1. The van der Waals surface area contributed by atoms with Crippen molar-refractivity contribution in [3.8, 4) is 0 Å². The Bertz CT molecular complexity index is 844. The van der Waals surface area contributed by atoms with E-state index >= 15 is 0 Å². The molecule has 1 aromatic carbocycles. The Morgan fingerprint density at radius 1 is 1.43 bits per heavy atom. The molecule has 1 unspecified atom stereocenters. The Morgan fingerprint density at radius 3 is 3.14 bits per heavy atom. The van der Waals surface area contributed by atoms with Crippen LogP contribution in [0.1, 0.15) is 19.8 Å². The van der Waals surface area contributed by atoms with Gasteiger partial charge in [-0.25, -0.2) is 0 Å². The maximum atomic E-state index is 5.66. The van der Waals surface area contributed by atoms with E-state index in [0.717, 1.165) is 22.3 Å². The summed E-state index contributed by atoms with van der Waals surface area (Å²) in [5.41, 5.74) is 1.18. The highest BCUT2D eigenvalue weighted by Gasteiger charge is 2.21. The molecule has 6 heteroatoms. The molecule has 3 heterocycles. The normalized spacial score (nSPS) is 23.1. The van der Waals surface area contributed by atoms with Crippen LogP contribution in [0.4, 0.5) is 0 Å². The summed E-state index contributed by atoms with van der Waals surface area (Å²) in [5, 5.41) is 4.74. The molecule has 1 fully saturated rings. The van der Waals surface area contributed by atoms with Crippen molar-refractivity contribution in [2.75, 3.05) is 13.1 Å². The quantitative estimate of drug-likeness (QED) is 0.734. The van der Waals surface area contributed by atoms with E-state index in [9.17, 15) is 0 Å². The minimum atomic E-state index is 0.812. The van der Waals surface area contributed by atoms with Gasteiger partial charge >= 0.3 is 0 Å². The maximum Gasteiger partial charge on any atom is 0.216 e. The second-order valence-electron chi connectivity index (χ2n) is 6.08. The molecule has 0 bridgehead atoms. The van der Waals surface area contributed by atoms with Crippen LogP contribution in [-0.2, 0) is 6.67 Å². The molecule has 1 aliphatic heterocycles. The van der Waals surface area contributed by atoms with Gasteiger partial charge in [-0.1, -0.05) is 30.4 Å². The van der Waals surface area contributed by atoms with Crippen LogP contribution >= 0.6 is 23.6 Å². The summed E-state index contributed by atoms with van der Waals surface area (Å²) in [7, 11) is 0. The molecule has 2 aromatic heterocycles. The number of rotatable bonds is 2. The van der Waals surface area contributed by atoms with Crippen LogP contribution in [0.5, 0.6) is 0 Å². The third-order valence-corrected chi connectivity index (χ3v) is 5.76. The summed E-state index contributed by atoms with van der Waals surface area (Å²) in [6, 6.07) is 8.38. The van der Waals surface area contributed by atoms with E-state index in [1.807, 2.05) is 4.68 Å². The fourth-order valence-electron chi connectivity index (χ4n) is 3.34.